The van der Waals surface area contributed by atoms with Gasteiger partial charge in [0.15, 0.2) is 5.37 Å². The Kier molecular flexibility index (Phi) is 4.14. The molecule has 1 atom stereocenters. The van der Waals surface area contributed by atoms with Crippen LogP contribution in [0.2, 0.25) is 5.02 Å². The number of hydrogen-bond donors (Lipinski definition) is 0. The number of ether oxygens (including phenoxy) is 1. The predicted octanol–water partition coefficient (Wildman–Crippen LogP) is 2.03. The fourth-order valence-corrected chi connectivity index (χ4v) is 3.00. The van der Waals surface area contributed by atoms with Crippen LogP contribution in [-0.4, -0.2) is 41.6 Å². The zero-order valence-electron chi connectivity index (χ0n) is 9.76. The molecule has 0 bridgehead atoms. The van der Waals surface area contributed by atoms with Gasteiger partial charge < -0.3 is 9.64 Å². The number of thioether (sulfide) groups is 1. The first-order valence-corrected chi connectivity index (χ1v) is 6.82. The molecular formula is C12H12ClNO3S. The lowest BCUT2D eigenvalue weighted by atomic mass is 10.2. The normalized spacial score (nSPS) is 18.8. The highest BCUT2D eigenvalue weighted by Crippen LogP contribution is 2.26. The van der Waals surface area contributed by atoms with E-state index in [9.17, 15) is 9.59 Å². The van der Waals surface area contributed by atoms with Gasteiger partial charge in [-0.1, -0.05) is 11.6 Å². The van der Waals surface area contributed by atoms with Crippen molar-refractivity contribution < 1.29 is 14.3 Å². The minimum Gasteiger partial charge on any atom is -0.467 e. The van der Waals surface area contributed by atoms with Crippen LogP contribution in [-0.2, 0) is 9.53 Å². The fraction of sp³-hybridized carbons (Fsp3) is 0.333. The molecular weight excluding hydrogens is 274 g/mol. The topological polar surface area (TPSA) is 46.6 Å². The van der Waals surface area contributed by atoms with Gasteiger partial charge in [-0.25, -0.2) is 4.79 Å². The summed E-state index contributed by atoms with van der Waals surface area (Å²) in [5, 5.41) is 0.0324. The first-order chi connectivity index (χ1) is 8.63. The molecule has 96 valence electrons. The van der Waals surface area contributed by atoms with E-state index in [0.29, 0.717) is 17.1 Å². The molecule has 0 radical (unpaired) electrons. The van der Waals surface area contributed by atoms with Gasteiger partial charge >= 0.3 is 5.97 Å². The maximum atomic E-state index is 12.3. The minimum absolute atomic E-state index is 0.174. The zero-order chi connectivity index (χ0) is 13.1. The number of methoxy groups -OCH3 is 1. The summed E-state index contributed by atoms with van der Waals surface area (Å²) in [6.45, 7) is 0.548. The number of rotatable bonds is 2. The summed E-state index contributed by atoms with van der Waals surface area (Å²) in [6, 6.07) is 6.63. The smallest absolute Gasteiger partial charge is 0.339 e. The summed E-state index contributed by atoms with van der Waals surface area (Å²) in [6.07, 6.45) is 0. The Balaban J connectivity index is 2.17. The summed E-state index contributed by atoms with van der Waals surface area (Å²) < 4.78 is 4.69. The highest BCUT2D eigenvalue weighted by Gasteiger charge is 2.35. The maximum absolute atomic E-state index is 12.3. The molecule has 1 aliphatic rings. The summed E-state index contributed by atoms with van der Waals surface area (Å²) >= 11 is 7.19. The average molecular weight is 286 g/mol. The lowest BCUT2D eigenvalue weighted by molar-refractivity contribution is -0.142. The molecule has 1 saturated heterocycles. The standard InChI is InChI=1S/C12H12ClNO3S/c1-17-12(16)11-14(6-7-18-11)10(15)8-2-4-9(13)5-3-8/h2-5,11H,6-7H2,1H3. The maximum Gasteiger partial charge on any atom is 0.339 e. The van der Waals surface area contributed by atoms with Crippen LogP contribution in [0.15, 0.2) is 24.3 Å². The van der Waals surface area contributed by atoms with E-state index < -0.39 is 5.37 Å². The summed E-state index contributed by atoms with van der Waals surface area (Å²) in [5.74, 6) is 0.172. The molecule has 6 heteroatoms. The second-order valence-electron chi connectivity index (χ2n) is 3.75. The van der Waals surface area contributed by atoms with Crippen molar-refractivity contribution in [2.45, 2.75) is 5.37 Å². The summed E-state index contributed by atoms with van der Waals surface area (Å²) in [4.78, 5) is 25.3. The van der Waals surface area contributed by atoms with Gasteiger partial charge in [-0.05, 0) is 24.3 Å². The highest BCUT2D eigenvalue weighted by atomic mass is 35.5. The van der Waals surface area contributed by atoms with Crippen molar-refractivity contribution in [3.05, 3.63) is 34.9 Å². The quantitative estimate of drug-likeness (QED) is 0.780. The average Bonchev–Trinajstić information content (AvgIpc) is 2.87. The SMILES string of the molecule is COC(=O)C1SCCN1C(=O)c1ccc(Cl)cc1. The second kappa shape index (κ2) is 5.63. The van der Waals surface area contributed by atoms with Crippen LogP contribution in [0.1, 0.15) is 10.4 Å². The van der Waals surface area contributed by atoms with Gasteiger partial charge in [0.2, 0.25) is 0 Å². The van der Waals surface area contributed by atoms with Crippen LogP contribution in [0.3, 0.4) is 0 Å². The predicted molar refractivity (Wildman–Crippen MR) is 70.8 cm³/mol. The Bertz CT molecular complexity index is 463. The van der Waals surface area contributed by atoms with Crippen LogP contribution >= 0.6 is 23.4 Å². The van der Waals surface area contributed by atoms with Gasteiger partial charge in [-0.2, -0.15) is 0 Å². The molecule has 1 aromatic carbocycles. The number of carbonyl (C=O) groups is 2. The van der Waals surface area contributed by atoms with Gasteiger partial charge in [0, 0.05) is 22.9 Å². The van der Waals surface area contributed by atoms with Crippen molar-refractivity contribution in [3.8, 4) is 0 Å². The molecule has 4 nitrogen and oxygen atoms in total. The Labute approximate surface area is 114 Å². The van der Waals surface area contributed by atoms with E-state index >= 15 is 0 Å². The molecule has 1 unspecified atom stereocenters. The van der Waals surface area contributed by atoms with E-state index in [2.05, 4.69) is 0 Å². The van der Waals surface area contributed by atoms with Crippen molar-refractivity contribution in [2.75, 3.05) is 19.4 Å². The van der Waals surface area contributed by atoms with Crippen molar-refractivity contribution in [1.82, 2.24) is 4.90 Å². The largest absolute Gasteiger partial charge is 0.467 e. The molecule has 0 aromatic heterocycles. The van der Waals surface area contributed by atoms with Crippen molar-refractivity contribution in [2.24, 2.45) is 0 Å². The molecule has 1 amide bonds. The molecule has 0 N–H and O–H groups in total. The van der Waals surface area contributed by atoms with Crippen molar-refractivity contribution >= 4 is 35.2 Å². The van der Waals surface area contributed by atoms with E-state index in [-0.39, 0.29) is 11.9 Å². The first kappa shape index (κ1) is 13.2. The van der Waals surface area contributed by atoms with Gasteiger partial charge in [0.05, 0.1) is 7.11 Å². The van der Waals surface area contributed by atoms with Gasteiger partial charge in [-0.15, -0.1) is 11.8 Å². The van der Waals surface area contributed by atoms with Crippen LogP contribution in [0.5, 0.6) is 0 Å². The molecule has 2 rings (SSSR count). The molecule has 1 aliphatic heterocycles. The van der Waals surface area contributed by atoms with E-state index in [4.69, 9.17) is 16.3 Å². The van der Waals surface area contributed by atoms with Crippen LogP contribution in [0.25, 0.3) is 0 Å². The zero-order valence-corrected chi connectivity index (χ0v) is 11.3. The Morgan fingerprint density at radius 2 is 2.06 bits per heavy atom. The van der Waals surface area contributed by atoms with Crippen LogP contribution in [0, 0.1) is 0 Å². The van der Waals surface area contributed by atoms with Crippen LogP contribution < -0.4 is 0 Å². The molecule has 0 aliphatic carbocycles. The monoisotopic (exact) mass is 285 g/mol. The van der Waals surface area contributed by atoms with Crippen molar-refractivity contribution in [3.63, 3.8) is 0 Å². The molecule has 1 fully saturated rings. The number of amides is 1. The lowest BCUT2D eigenvalue weighted by Crippen LogP contribution is -2.39. The van der Waals surface area contributed by atoms with Gasteiger partial charge in [0.25, 0.3) is 5.91 Å². The molecule has 18 heavy (non-hydrogen) atoms. The van der Waals surface area contributed by atoms with E-state index in [1.807, 2.05) is 0 Å². The third-order valence-corrected chi connectivity index (χ3v) is 4.08. The second-order valence-corrected chi connectivity index (χ2v) is 5.38. The van der Waals surface area contributed by atoms with E-state index in [0.717, 1.165) is 5.75 Å². The number of nitrogens with zero attached hydrogens (tertiary/aromatic N) is 1. The highest BCUT2D eigenvalue weighted by molar-refractivity contribution is 8.00. The Morgan fingerprint density at radius 1 is 1.39 bits per heavy atom. The van der Waals surface area contributed by atoms with E-state index in [1.165, 1.54) is 23.8 Å². The van der Waals surface area contributed by atoms with Gasteiger partial charge in [-0.3, -0.25) is 4.79 Å². The number of esters is 1. The molecule has 1 aromatic rings. The van der Waals surface area contributed by atoms with Crippen molar-refractivity contribution in [1.29, 1.82) is 0 Å². The molecule has 0 spiro atoms. The lowest BCUT2D eigenvalue weighted by Gasteiger charge is -2.21. The third-order valence-electron chi connectivity index (χ3n) is 2.65. The number of hydrogen-bond acceptors (Lipinski definition) is 4. The fourth-order valence-electron chi connectivity index (χ4n) is 1.73. The number of carbonyl (C=O) groups excluding carboxylic acids is 2. The van der Waals surface area contributed by atoms with Crippen LogP contribution in [0.4, 0.5) is 0 Å². The third kappa shape index (κ3) is 2.62. The van der Waals surface area contributed by atoms with Gasteiger partial charge in [0.1, 0.15) is 0 Å². The Morgan fingerprint density at radius 3 is 2.67 bits per heavy atom. The number of halogens is 1. The summed E-state index contributed by atoms with van der Waals surface area (Å²) in [7, 11) is 1.33. The minimum atomic E-state index is -0.543. The molecule has 1 heterocycles. The first-order valence-electron chi connectivity index (χ1n) is 5.39. The molecule has 0 saturated carbocycles. The Hall–Kier alpha value is -1.20. The summed E-state index contributed by atoms with van der Waals surface area (Å²) in [5.41, 5.74) is 0.524. The van der Waals surface area contributed by atoms with E-state index in [1.54, 1.807) is 24.3 Å². The number of benzene rings is 1.